The van der Waals surface area contributed by atoms with Crippen molar-refractivity contribution in [2.75, 3.05) is 7.05 Å². The Balaban J connectivity index is 2.58. The summed E-state index contributed by atoms with van der Waals surface area (Å²) >= 11 is 0. The second-order valence-electron chi connectivity index (χ2n) is 4.68. The van der Waals surface area contributed by atoms with E-state index in [2.05, 4.69) is 21.3 Å². The van der Waals surface area contributed by atoms with Crippen LogP contribution in [0.2, 0.25) is 0 Å². The van der Waals surface area contributed by atoms with Crippen molar-refractivity contribution in [3.63, 3.8) is 0 Å². The Morgan fingerprint density at radius 2 is 2.25 bits per heavy atom. The van der Waals surface area contributed by atoms with E-state index in [4.69, 9.17) is 5.41 Å². The highest BCUT2D eigenvalue weighted by molar-refractivity contribution is 5.92. The van der Waals surface area contributed by atoms with Gasteiger partial charge in [-0.25, -0.2) is 0 Å². The van der Waals surface area contributed by atoms with Gasteiger partial charge in [0.15, 0.2) is 0 Å². The SMILES string of the molecule is CN/C(=C\C(C)=N)C1=C(c2cc(C)nn2C)C=CNN1. The van der Waals surface area contributed by atoms with E-state index < -0.39 is 0 Å². The number of allylic oxidation sites excluding steroid dienone is 3. The molecule has 1 aliphatic rings. The number of hydrazine groups is 1. The van der Waals surface area contributed by atoms with Crippen LogP contribution in [-0.2, 0) is 7.05 Å². The van der Waals surface area contributed by atoms with E-state index in [0.29, 0.717) is 5.71 Å². The molecular formula is C14H20N6. The highest BCUT2D eigenvalue weighted by atomic mass is 15.4. The van der Waals surface area contributed by atoms with Gasteiger partial charge in [-0.2, -0.15) is 5.10 Å². The molecular weight excluding hydrogens is 252 g/mol. The molecule has 0 saturated carbocycles. The molecule has 0 saturated heterocycles. The zero-order chi connectivity index (χ0) is 14.7. The topological polar surface area (TPSA) is 77.8 Å². The van der Waals surface area contributed by atoms with Gasteiger partial charge in [0.1, 0.15) is 0 Å². The first-order valence-electron chi connectivity index (χ1n) is 6.41. The molecule has 6 nitrogen and oxygen atoms in total. The number of likely N-dealkylation sites (N-methyl/N-ethyl adjacent to an activating group) is 1. The molecule has 0 unspecified atom stereocenters. The van der Waals surface area contributed by atoms with Gasteiger partial charge < -0.3 is 16.2 Å². The number of rotatable bonds is 4. The molecule has 4 N–H and O–H groups in total. The minimum Gasteiger partial charge on any atom is -0.386 e. The second-order valence-corrected chi connectivity index (χ2v) is 4.68. The summed E-state index contributed by atoms with van der Waals surface area (Å²) in [5.41, 5.74) is 11.4. The summed E-state index contributed by atoms with van der Waals surface area (Å²) in [6, 6.07) is 2.04. The molecule has 0 amide bonds. The van der Waals surface area contributed by atoms with E-state index in [9.17, 15) is 0 Å². The zero-order valence-corrected chi connectivity index (χ0v) is 12.2. The van der Waals surface area contributed by atoms with E-state index in [1.807, 2.05) is 44.0 Å². The normalized spacial score (nSPS) is 14.9. The largest absolute Gasteiger partial charge is 0.386 e. The Bertz CT molecular complexity index is 618. The molecule has 0 spiro atoms. The fourth-order valence-corrected chi connectivity index (χ4v) is 2.16. The van der Waals surface area contributed by atoms with Gasteiger partial charge in [0.05, 0.1) is 22.8 Å². The van der Waals surface area contributed by atoms with Crippen LogP contribution in [-0.4, -0.2) is 22.5 Å². The zero-order valence-electron chi connectivity index (χ0n) is 12.2. The van der Waals surface area contributed by atoms with E-state index in [-0.39, 0.29) is 0 Å². The van der Waals surface area contributed by atoms with Gasteiger partial charge >= 0.3 is 0 Å². The van der Waals surface area contributed by atoms with Gasteiger partial charge in [-0.05, 0) is 32.1 Å². The third-order valence-corrected chi connectivity index (χ3v) is 2.98. The van der Waals surface area contributed by atoms with Crippen LogP contribution in [0.15, 0.2) is 35.8 Å². The van der Waals surface area contributed by atoms with Crippen LogP contribution < -0.4 is 16.2 Å². The lowest BCUT2D eigenvalue weighted by molar-refractivity contribution is 0.705. The summed E-state index contributed by atoms with van der Waals surface area (Å²) < 4.78 is 1.85. The maximum absolute atomic E-state index is 7.64. The Morgan fingerprint density at radius 3 is 2.80 bits per heavy atom. The van der Waals surface area contributed by atoms with Crippen molar-refractivity contribution >= 4 is 11.3 Å². The van der Waals surface area contributed by atoms with E-state index in [1.165, 1.54) is 0 Å². The van der Waals surface area contributed by atoms with Crippen LogP contribution in [0.25, 0.3) is 5.57 Å². The lowest BCUT2D eigenvalue weighted by Crippen LogP contribution is -2.33. The standard InChI is InChI=1S/C14H20N6/c1-9(15)7-12(16-3)14-11(5-6-17-18-14)13-8-10(2)19-20(13)4/h5-8,15-18H,1-4H3/b12-7-,15-9?. The molecule has 2 heterocycles. The quantitative estimate of drug-likeness (QED) is 0.621. The monoisotopic (exact) mass is 272 g/mol. The molecule has 1 aromatic heterocycles. The summed E-state index contributed by atoms with van der Waals surface area (Å²) in [4.78, 5) is 0. The van der Waals surface area contributed by atoms with Gasteiger partial charge in [-0.1, -0.05) is 0 Å². The first-order valence-corrected chi connectivity index (χ1v) is 6.41. The minimum atomic E-state index is 0.485. The van der Waals surface area contributed by atoms with Crippen molar-refractivity contribution < 1.29 is 0 Å². The maximum Gasteiger partial charge on any atom is 0.0865 e. The first-order chi connectivity index (χ1) is 9.52. The predicted molar refractivity (Wildman–Crippen MR) is 80.8 cm³/mol. The third-order valence-electron chi connectivity index (χ3n) is 2.98. The lowest BCUT2D eigenvalue weighted by atomic mass is 10.1. The van der Waals surface area contributed by atoms with Crippen molar-refractivity contribution in [3.8, 4) is 0 Å². The number of hydrogen-bond acceptors (Lipinski definition) is 5. The van der Waals surface area contributed by atoms with E-state index >= 15 is 0 Å². The molecule has 106 valence electrons. The fourth-order valence-electron chi connectivity index (χ4n) is 2.16. The second kappa shape index (κ2) is 5.64. The molecule has 0 bridgehead atoms. The smallest absolute Gasteiger partial charge is 0.0865 e. The van der Waals surface area contributed by atoms with Crippen molar-refractivity contribution in [2.45, 2.75) is 13.8 Å². The molecule has 20 heavy (non-hydrogen) atoms. The van der Waals surface area contributed by atoms with Crippen molar-refractivity contribution in [2.24, 2.45) is 7.05 Å². The van der Waals surface area contributed by atoms with Gasteiger partial charge in [-0.3, -0.25) is 10.1 Å². The molecule has 0 radical (unpaired) electrons. The molecule has 0 fully saturated rings. The highest BCUT2D eigenvalue weighted by Crippen LogP contribution is 2.24. The third kappa shape index (κ3) is 2.74. The van der Waals surface area contributed by atoms with Gasteiger partial charge in [0, 0.05) is 31.6 Å². The molecule has 0 aromatic carbocycles. The average molecular weight is 272 g/mol. The molecule has 0 aliphatic carbocycles. The van der Waals surface area contributed by atoms with Crippen LogP contribution in [0.5, 0.6) is 0 Å². The Labute approximate surface area is 118 Å². The van der Waals surface area contributed by atoms with Crippen molar-refractivity contribution in [1.82, 2.24) is 25.9 Å². The number of nitrogens with one attached hydrogen (secondary N) is 4. The van der Waals surface area contributed by atoms with Gasteiger partial charge in [0.2, 0.25) is 0 Å². The van der Waals surface area contributed by atoms with Crippen LogP contribution in [0.1, 0.15) is 18.3 Å². The maximum atomic E-state index is 7.64. The van der Waals surface area contributed by atoms with Gasteiger partial charge in [-0.15, -0.1) is 0 Å². The highest BCUT2D eigenvalue weighted by Gasteiger charge is 2.16. The van der Waals surface area contributed by atoms with Gasteiger partial charge in [0.25, 0.3) is 0 Å². The summed E-state index contributed by atoms with van der Waals surface area (Å²) in [6.45, 7) is 3.72. The summed E-state index contributed by atoms with van der Waals surface area (Å²) in [7, 11) is 3.77. The first kappa shape index (κ1) is 13.9. The predicted octanol–water partition coefficient (Wildman–Crippen LogP) is 1.20. The molecule has 2 rings (SSSR count). The molecule has 1 aliphatic heterocycles. The van der Waals surface area contributed by atoms with Crippen molar-refractivity contribution in [3.05, 3.63) is 47.2 Å². The Morgan fingerprint density at radius 1 is 1.50 bits per heavy atom. The van der Waals surface area contributed by atoms with Crippen LogP contribution in [0.4, 0.5) is 0 Å². The van der Waals surface area contributed by atoms with Crippen LogP contribution in [0.3, 0.4) is 0 Å². The fraction of sp³-hybridized carbons (Fsp3) is 0.286. The Kier molecular flexibility index (Phi) is 3.93. The number of hydrogen-bond donors (Lipinski definition) is 4. The van der Waals surface area contributed by atoms with E-state index in [1.54, 1.807) is 13.0 Å². The van der Waals surface area contributed by atoms with Crippen LogP contribution in [0, 0.1) is 12.3 Å². The number of aromatic nitrogens is 2. The Hall–Kier alpha value is -2.50. The summed E-state index contributed by atoms with van der Waals surface area (Å²) in [5, 5.41) is 15.2. The minimum absolute atomic E-state index is 0.485. The lowest BCUT2D eigenvalue weighted by Gasteiger charge is -2.21. The number of nitrogens with zero attached hydrogens (tertiary/aromatic N) is 2. The van der Waals surface area contributed by atoms with Crippen LogP contribution >= 0.6 is 0 Å². The molecule has 0 atom stereocenters. The van der Waals surface area contributed by atoms with Crippen molar-refractivity contribution in [1.29, 1.82) is 5.41 Å². The average Bonchev–Trinajstić information content (AvgIpc) is 2.75. The summed E-state index contributed by atoms with van der Waals surface area (Å²) in [6.07, 6.45) is 5.62. The summed E-state index contributed by atoms with van der Waals surface area (Å²) in [5.74, 6) is 0. The van der Waals surface area contributed by atoms with E-state index in [0.717, 1.165) is 28.4 Å². The molecule has 1 aromatic rings. The number of aryl methyl sites for hydroxylation is 2. The molecule has 6 heteroatoms.